The lowest BCUT2D eigenvalue weighted by molar-refractivity contribution is -0.142. The van der Waals surface area contributed by atoms with E-state index in [1.54, 1.807) is 13.8 Å². The highest BCUT2D eigenvalue weighted by Gasteiger charge is 2.23. The van der Waals surface area contributed by atoms with Crippen molar-refractivity contribution in [1.82, 2.24) is 14.8 Å². The first kappa shape index (κ1) is 12.2. The van der Waals surface area contributed by atoms with Crippen LogP contribution in [0.2, 0.25) is 0 Å². The lowest BCUT2D eigenvalue weighted by Gasteiger charge is -2.15. The van der Waals surface area contributed by atoms with Gasteiger partial charge in [0, 0.05) is 0 Å². The van der Waals surface area contributed by atoms with E-state index in [0.29, 0.717) is 0 Å². The Kier molecular flexibility index (Phi) is 3.60. The first-order valence-corrected chi connectivity index (χ1v) is 4.69. The van der Waals surface area contributed by atoms with Crippen LogP contribution in [0.25, 0.3) is 0 Å². The third-order valence-electron chi connectivity index (χ3n) is 2.41. The van der Waals surface area contributed by atoms with Crippen LogP contribution in [0.1, 0.15) is 30.5 Å². The Labute approximate surface area is 92.0 Å². The van der Waals surface area contributed by atoms with E-state index in [9.17, 15) is 9.59 Å². The average molecular weight is 227 g/mol. The second-order valence-corrected chi connectivity index (χ2v) is 3.41. The van der Waals surface area contributed by atoms with Crippen molar-refractivity contribution in [3.8, 4) is 0 Å². The number of aromatic nitrogens is 3. The molecule has 0 spiro atoms. The largest absolute Gasteiger partial charge is 0.481 e. The maximum absolute atomic E-state index is 11.1. The molecule has 1 N–H and O–H groups in total. The van der Waals surface area contributed by atoms with Gasteiger partial charge in [-0.15, -0.1) is 5.10 Å². The smallest absolute Gasteiger partial charge is 0.377 e. The molecule has 0 aliphatic heterocycles. The van der Waals surface area contributed by atoms with Crippen molar-refractivity contribution in [3.63, 3.8) is 0 Å². The fourth-order valence-electron chi connectivity index (χ4n) is 1.09. The predicted octanol–water partition coefficient (Wildman–Crippen LogP) is 0.346. The average Bonchev–Trinajstić information content (AvgIpc) is 2.75. The van der Waals surface area contributed by atoms with Gasteiger partial charge in [0.25, 0.3) is 5.82 Å². The molecule has 0 aliphatic carbocycles. The van der Waals surface area contributed by atoms with Crippen LogP contribution in [0, 0.1) is 5.92 Å². The van der Waals surface area contributed by atoms with Crippen molar-refractivity contribution in [3.05, 3.63) is 12.2 Å². The third kappa shape index (κ3) is 2.36. The molecule has 0 fully saturated rings. The minimum atomic E-state index is -0.928. The number of rotatable bonds is 4. The normalized spacial score (nSPS) is 14.2. The molecule has 88 valence electrons. The van der Waals surface area contributed by atoms with E-state index in [0.717, 1.165) is 0 Å². The van der Waals surface area contributed by atoms with E-state index in [1.807, 2.05) is 0 Å². The standard InChI is InChI=1S/C9H13N3O4/c1-5(8(13)14)6(2)12-4-10-7(11-12)9(15)16-3/h4-6H,1-3H3,(H,13,14). The summed E-state index contributed by atoms with van der Waals surface area (Å²) in [6, 6.07) is -0.386. The van der Waals surface area contributed by atoms with Gasteiger partial charge in [-0.2, -0.15) is 0 Å². The Hall–Kier alpha value is -1.92. The van der Waals surface area contributed by atoms with Gasteiger partial charge in [-0.05, 0) is 13.8 Å². The van der Waals surface area contributed by atoms with E-state index in [2.05, 4.69) is 14.8 Å². The van der Waals surface area contributed by atoms with Crippen LogP contribution in [0.15, 0.2) is 6.33 Å². The minimum Gasteiger partial charge on any atom is -0.481 e. The molecule has 0 aliphatic rings. The maximum Gasteiger partial charge on any atom is 0.377 e. The number of nitrogens with zero attached hydrogens (tertiary/aromatic N) is 3. The molecular formula is C9H13N3O4. The van der Waals surface area contributed by atoms with Crippen molar-refractivity contribution in [2.45, 2.75) is 19.9 Å². The Morgan fingerprint density at radius 3 is 2.62 bits per heavy atom. The molecule has 16 heavy (non-hydrogen) atoms. The molecule has 1 heterocycles. The fourth-order valence-corrected chi connectivity index (χ4v) is 1.09. The lowest BCUT2D eigenvalue weighted by atomic mass is 10.1. The van der Waals surface area contributed by atoms with Crippen LogP contribution in [-0.2, 0) is 9.53 Å². The predicted molar refractivity (Wildman–Crippen MR) is 52.9 cm³/mol. The first-order chi connectivity index (χ1) is 7.47. The zero-order chi connectivity index (χ0) is 12.3. The second kappa shape index (κ2) is 4.73. The van der Waals surface area contributed by atoms with Crippen molar-refractivity contribution in [1.29, 1.82) is 0 Å². The van der Waals surface area contributed by atoms with Gasteiger partial charge in [0.2, 0.25) is 0 Å². The van der Waals surface area contributed by atoms with Gasteiger partial charge in [-0.3, -0.25) is 4.79 Å². The summed E-state index contributed by atoms with van der Waals surface area (Å²) in [5.74, 6) is -2.27. The number of carboxylic acid groups (broad SMARTS) is 1. The summed E-state index contributed by atoms with van der Waals surface area (Å²) < 4.78 is 5.78. The lowest BCUT2D eigenvalue weighted by Crippen LogP contribution is -2.22. The molecule has 0 radical (unpaired) electrons. The summed E-state index contributed by atoms with van der Waals surface area (Å²) in [5, 5.41) is 12.7. The molecule has 2 atom stereocenters. The van der Waals surface area contributed by atoms with E-state index < -0.39 is 17.9 Å². The van der Waals surface area contributed by atoms with Gasteiger partial charge in [-0.1, -0.05) is 0 Å². The van der Waals surface area contributed by atoms with Gasteiger partial charge >= 0.3 is 11.9 Å². The molecule has 1 rings (SSSR count). The zero-order valence-corrected chi connectivity index (χ0v) is 9.25. The van der Waals surface area contributed by atoms with Crippen LogP contribution in [0.3, 0.4) is 0 Å². The minimum absolute atomic E-state index is 0.0769. The van der Waals surface area contributed by atoms with Crippen molar-refractivity contribution in [2.75, 3.05) is 7.11 Å². The molecular weight excluding hydrogens is 214 g/mol. The number of carboxylic acids is 1. The molecule has 7 nitrogen and oxygen atoms in total. The number of hydrogen-bond acceptors (Lipinski definition) is 5. The Morgan fingerprint density at radius 1 is 1.50 bits per heavy atom. The molecule has 7 heteroatoms. The van der Waals surface area contributed by atoms with Crippen molar-refractivity contribution < 1.29 is 19.4 Å². The number of aliphatic carboxylic acids is 1. The van der Waals surface area contributed by atoms with Crippen molar-refractivity contribution >= 4 is 11.9 Å². The van der Waals surface area contributed by atoms with Crippen LogP contribution >= 0.6 is 0 Å². The summed E-state index contributed by atoms with van der Waals surface area (Å²) in [6.45, 7) is 3.25. The number of esters is 1. The van der Waals surface area contributed by atoms with Crippen LogP contribution in [-0.4, -0.2) is 38.9 Å². The number of hydrogen-bond donors (Lipinski definition) is 1. The topological polar surface area (TPSA) is 94.3 Å². The monoisotopic (exact) mass is 227 g/mol. The van der Waals surface area contributed by atoms with Gasteiger partial charge in [0.1, 0.15) is 6.33 Å². The molecule has 0 saturated carbocycles. The zero-order valence-electron chi connectivity index (χ0n) is 9.25. The Morgan fingerprint density at radius 2 is 2.12 bits per heavy atom. The van der Waals surface area contributed by atoms with Crippen LogP contribution < -0.4 is 0 Å². The number of carbonyl (C=O) groups is 2. The third-order valence-corrected chi connectivity index (χ3v) is 2.41. The van der Waals surface area contributed by atoms with E-state index in [1.165, 1.54) is 18.1 Å². The second-order valence-electron chi connectivity index (χ2n) is 3.41. The van der Waals surface area contributed by atoms with Crippen LogP contribution in [0.4, 0.5) is 0 Å². The highest BCUT2D eigenvalue weighted by Crippen LogP contribution is 2.16. The molecule has 2 unspecified atom stereocenters. The summed E-state index contributed by atoms with van der Waals surface area (Å²) >= 11 is 0. The highest BCUT2D eigenvalue weighted by molar-refractivity contribution is 5.84. The molecule has 0 aromatic carbocycles. The van der Waals surface area contributed by atoms with Gasteiger partial charge in [0.05, 0.1) is 19.1 Å². The molecule has 0 bridgehead atoms. The van der Waals surface area contributed by atoms with Gasteiger partial charge < -0.3 is 9.84 Å². The number of carbonyl (C=O) groups excluding carboxylic acids is 1. The van der Waals surface area contributed by atoms with Gasteiger partial charge in [0.15, 0.2) is 0 Å². The molecule has 0 amide bonds. The summed E-state index contributed by atoms with van der Waals surface area (Å²) in [4.78, 5) is 25.6. The molecule has 1 aromatic heterocycles. The quantitative estimate of drug-likeness (QED) is 0.745. The molecule has 1 aromatic rings. The Balaban J connectivity index is 2.85. The Bertz CT molecular complexity index is 401. The SMILES string of the molecule is COC(=O)c1ncn(C(C)C(C)C(=O)O)n1. The number of ether oxygens (including phenoxy) is 1. The van der Waals surface area contributed by atoms with E-state index in [-0.39, 0.29) is 11.9 Å². The van der Waals surface area contributed by atoms with E-state index >= 15 is 0 Å². The molecule has 0 saturated heterocycles. The van der Waals surface area contributed by atoms with Crippen LogP contribution in [0.5, 0.6) is 0 Å². The summed E-state index contributed by atoms with van der Waals surface area (Å²) in [7, 11) is 1.23. The van der Waals surface area contributed by atoms with E-state index in [4.69, 9.17) is 5.11 Å². The fraction of sp³-hybridized carbons (Fsp3) is 0.556. The first-order valence-electron chi connectivity index (χ1n) is 4.69. The van der Waals surface area contributed by atoms with Gasteiger partial charge in [-0.25, -0.2) is 14.5 Å². The van der Waals surface area contributed by atoms with Crippen molar-refractivity contribution in [2.24, 2.45) is 5.92 Å². The summed E-state index contributed by atoms with van der Waals surface area (Å²) in [5.41, 5.74) is 0. The number of methoxy groups -OCH3 is 1. The summed E-state index contributed by atoms with van der Waals surface area (Å²) in [6.07, 6.45) is 1.32. The highest BCUT2D eigenvalue weighted by atomic mass is 16.5. The maximum atomic E-state index is 11.1.